The largest absolute Gasteiger partial charge is 0.491 e. The molecule has 0 aliphatic carbocycles. The SMILES string of the molecule is CC(O)CN(Cc1cccc(C(=O)Nc2ccc(OCC3CO3)cc2C(=O)O)c1)CC(C)O. The number of rotatable bonds is 12. The molecule has 1 aliphatic heterocycles. The molecule has 2 aromatic carbocycles. The zero-order valence-corrected chi connectivity index (χ0v) is 18.7. The van der Waals surface area contributed by atoms with Crippen LogP contribution in [0.25, 0.3) is 0 Å². The molecule has 0 radical (unpaired) electrons. The van der Waals surface area contributed by atoms with Crippen molar-refractivity contribution in [2.75, 3.05) is 31.6 Å². The second-order valence-electron chi connectivity index (χ2n) is 8.33. The van der Waals surface area contributed by atoms with Gasteiger partial charge in [0.25, 0.3) is 5.91 Å². The molecule has 1 heterocycles. The summed E-state index contributed by atoms with van der Waals surface area (Å²) in [6, 6.07) is 11.4. The number of amides is 1. The minimum Gasteiger partial charge on any atom is -0.491 e. The average molecular weight is 459 g/mol. The molecule has 4 N–H and O–H groups in total. The molecule has 178 valence electrons. The van der Waals surface area contributed by atoms with Gasteiger partial charge in [-0.25, -0.2) is 4.79 Å². The summed E-state index contributed by atoms with van der Waals surface area (Å²) < 4.78 is 10.6. The van der Waals surface area contributed by atoms with Crippen molar-refractivity contribution >= 4 is 17.6 Å². The van der Waals surface area contributed by atoms with E-state index < -0.39 is 24.1 Å². The smallest absolute Gasteiger partial charge is 0.337 e. The summed E-state index contributed by atoms with van der Waals surface area (Å²) in [5, 5.41) is 31.7. The monoisotopic (exact) mass is 458 g/mol. The summed E-state index contributed by atoms with van der Waals surface area (Å²) in [6.07, 6.45) is -1.08. The summed E-state index contributed by atoms with van der Waals surface area (Å²) in [5.41, 5.74) is 1.28. The van der Waals surface area contributed by atoms with Gasteiger partial charge in [-0.1, -0.05) is 12.1 Å². The van der Waals surface area contributed by atoms with Crippen molar-refractivity contribution in [3.05, 3.63) is 59.2 Å². The first-order valence-electron chi connectivity index (χ1n) is 10.8. The van der Waals surface area contributed by atoms with Crippen molar-refractivity contribution in [3.63, 3.8) is 0 Å². The van der Waals surface area contributed by atoms with Crippen LogP contribution in [0.1, 0.15) is 40.1 Å². The fourth-order valence-corrected chi connectivity index (χ4v) is 3.47. The highest BCUT2D eigenvalue weighted by atomic mass is 16.6. The van der Waals surface area contributed by atoms with Gasteiger partial charge in [-0.3, -0.25) is 9.69 Å². The highest BCUT2D eigenvalue weighted by molar-refractivity contribution is 6.07. The van der Waals surface area contributed by atoms with Crippen LogP contribution in [0.15, 0.2) is 42.5 Å². The zero-order chi connectivity index (χ0) is 24.0. The van der Waals surface area contributed by atoms with Gasteiger partial charge in [-0.05, 0) is 49.7 Å². The summed E-state index contributed by atoms with van der Waals surface area (Å²) in [7, 11) is 0. The van der Waals surface area contributed by atoms with Gasteiger partial charge in [0.2, 0.25) is 0 Å². The lowest BCUT2D eigenvalue weighted by Gasteiger charge is -2.25. The Morgan fingerprint density at radius 2 is 1.85 bits per heavy atom. The normalized spacial score (nSPS) is 16.8. The lowest BCUT2D eigenvalue weighted by Crippen LogP contribution is -2.35. The molecule has 1 amide bonds. The van der Waals surface area contributed by atoms with Crippen molar-refractivity contribution in [3.8, 4) is 5.75 Å². The highest BCUT2D eigenvalue weighted by Gasteiger charge is 2.23. The van der Waals surface area contributed by atoms with Crippen LogP contribution in [0.2, 0.25) is 0 Å². The quantitative estimate of drug-likeness (QED) is 0.355. The van der Waals surface area contributed by atoms with E-state index >= 15 is 0 Å². The van der Waals surface area contributed by atoms with E-state index in [4.69, 9.17) is 9.47 Å². The third-order valence-corrected chi connectivity index (χ3v) is 4.95. The molecule has 33 heavy (non-hydrogen) atoms. The van der Waals surface area contributed by atoms with E-state index in [9.17, 15) is 24.9 Å². The molecule has 3 unspecified atom stereocenters. The van der Waals surface area contributed by atoms with Crippen molar-refractivity contribution < 1.29 is 34.4 Å². The zero-order valence-electron chi connectivity index (χ0n) is 18.7. The molecule has 3 rings (SSSR count). The van der Waals surface area contributed by atoms with Gasteiger partial charge >= 0.3 is 5.97 Å². The maximum absolute atomic E-state index is 12.8. The number of nitrogens with zero attached hydrogens (tertiary/aromatic N) is 1. The van der Waals surface area contributed by atoms with Crippen LogP contribution in [0, 0.1) is 0 Å². The molecule has 9 nitrogen and oxygen atoms in total. The Hall–Kier alpha value is -2.98. The van der Waals surface area contributed by atoms with Crippen molar-refractivity contribution in [2.24, 2.45) is 0 Å². The van der Waals surface area contributed by atoms with Crippen LogP contribution in [0.4, 0.5) is 5.69 Å². The number of anilines is 1. The van der Waals surface area contributed by atoms with Crippen molar-refractivity contribution in [1.82, 2.24) is 4.90 Å². The van der Waals surface area contributed by atoms with Crippen LogP contribution in [0.5, 0.6) is 5.75 Å². The first-order chi connectivity index (χ1) is 15.7. The van der Waals surface area contributed by atoms with Gasteiger partial charge in [-0.15, -0.1) is 0 Å². The lowest BCUT2D eigenvalue weighted by atomic mass is 10.1. The molecule has 3 atom stereocenters. The number of hydrogen-bond acceptors (Lipinski definition) is 7. The Morgan fingerprint density at radius 1 is 1.15 bits per heavy atom. The maximum Gasteiger partial charge on any atom is 0.337 e. The third kappa shape index (κ3) is 7.83. The molecule has 2 aromatic rings. The number of ether oxygens (including phenoxy) is 2. The first-order valence-corrected chi connectivity index (χ1v) is 10.8. The molecule has 1 saturated heterocycles. The number of benzene rings is 2. The molecule has 0 aromatic heterocycles. The lowest BCUT2D eigenvalue weighted by molar-refractivity contribution is 0.0697. The summed E-state index contributed by atoms with van der Waals surface area (Å²) in [4.78, 5) is 26.5. The predicted molar refractivity (Wildman–Crippen MR) is 122 cm³/mol. The Kier molecular flexibility index (Phi) is 8.40. The topological polar surface area (TPSA) is 132 Å². The number of hydrogen-bond donors (Lipinski definition) is 4. The van der Waals surface area contributed by atoms with Crippen LogP contribution < -0.4 is 10.1 Å². The molecule has 0 bridgehead atoms. The van der Waals surface area contributed by atoms with E-state index in [-0.39, 0.29) is 17.4 Å². The predicted octanol–water partition coefficient (Wildman–Crippen LogP) is 1.98. The van der Waals surface area contributed by atoms with E-state index in [0.29, 0.717) is 44.2 Å². The van der Waals surface area contributed by atoms with Gasteiger partial charge in [0.05, 0.1) is 30.1 Å². The number of aliphatic hydroxyl groups excluding tert-OH is 2. The van der Waals surface area contributed by atoms with Crippen LogP contribution in [0.3, 0.4) is 0 Å². The van der Waals surface area contributed by atoms with Crippen molar-refractivity contribution in [2.45, 2.75) is 38.7 Å². The van der Waals surface area contributed by atoms with Crippen LogP contribution in [-0.2, 0) is 11.3 Å². The number of carboxylic acid groups (broad SMARTS) is 1. The highest BCUT2D eigenvalue weighted by Crippen LogP contribution is 2.24. The second kappa shape index (κ2) is 11.2. The molecular formula is C24H30N2O7. The van der Waals surface area contributed by atoms with Crippen LogP contribution >= 0.6 is 0 Å². The number of carboxylic acids is 1. The first kappa shape index (κ1) is 24.7. The number of aromatic carboxylic acids is 1. The second-order valence-corrected chi connectivity index (χ2v) is 8.33. The number of nitrogens with one attached hydrogen (secondary N) is 1. The minimum absolute atomic E-state index is 0.0436. The molecule has 0 spiro atoms. The Morgan fingerprint density at radius 3 is 2.45 bits per heavy atom. The number of epoxide rings is 1. The standard InChI is InChI=1S/C24H30N2O7/c1-15(27)10-26(11-16(2)28)12-17-4-3-5-18(8-17)23(29)25-22-7-6-19(9-21(22)24(30)31)32-13-20-14-33-20/h3-9,15-16,20,27-28H,10-14H2,1-2H3,(H,25,29)(H,30,31). The van der Waals surface area contributed by atoms with Gasteiger partial charge in [0.15, 0.2) is 0 Å². The van der Waals surface area contributed by atoms with Gasteiger partial charge in [-0.2, -0.15) is 0 Å². The average Bonchev–Trinajstić information content (AvgIpc) is 3.56. The number of carbonyl (C=O) groups excluding carboxylic acids is 1. The van der Waals surface area contributed by atoms with E-state index in [1.165, 1.54) is 12.1 Å². The molecular weight excluding hydrogens is 428 g/mol. The van der Waals surface area contributed by atoms with E-state index in [1.807, 2.05) is 11.0 Å². The minimum atomic E-state index is -1.18. The summed E-state index contributed by atoms with van der Waals surface area (Å²) in [6.45, 7) is 5.53. The summed E-state index contributed by atoms with van der Waals surface area (Å²) in [5.74, 6) is -1.24. The fraction of sp³-hybridized carbons (Fsp3) is 0.417. The van der Waals surface area contributed by atoms with Crippen LogP contribution in [-0.4, -0.2) is 76.7 Å². The van der Waals surface area contributed by atoms with Gasteiger partial charge < -0.3 is 30.1 Å². The Bertz CT molecular complexity index is 963. The number of aliphatic hydroxyl groups is 2. The van der Waals surface area contributed by atoms with E-state index in [1.54, 1.807) is 38.1 Å². The van der Waals surface area contributed by atoms with Crippen molar-refractivity contribution in [1.29, 1.82) is 0 Å². The summed E-state index contributed by atoms with van der Waals surface area (Å²) >= 11 is 0. The molecule has 9 heteroatoms. The van der Waals surface area contributed by atoms with Gasteiger partial charge in [0.1, 0.15) is 18.5 Å². The molecule has 0 saturated carbocycles. The Labute approximate surface area is 192 Å². The fourth-order valence-electron chi connectivity index (χ4n) is 3.47. The van der Waals surface area contributed by atoms with E-state index in [0.717, 1.165) is 5.56 Å². The molecule has 1 aliphatic rings. The number of carbonyl (C=O) groups is 2. The Balaban J connectivity index is 1.71. The van der Waals surface area contributed by atoms with Gasteiger partial charge in [0, 0.05) is 25.2 Å². The maximum atomic E-state index is 12.8. The molecule has 1 fully saturated rings. The third-order valence-electron chi connectivity index (χ3n) is 4.95. The van der Waals surface area contributed by atoms with E-state index in [2.05, 4.69) is 5.32 Å².